The van der Waals surface area contributed by atoms with Gasteiger partial charge in [0.25, 0.3) is 0 Å². The molecule has 0 atom stereocenters. The number of nitrogens with one attached hydrogen (secondary N) is 2. The van der Waals surface area contributed by atoms with Gasteiger partial charge in [-0.25, -0.2) is 15.0 Å². The minimum Gasteiger partial charge on any atom is -0.311 e. The number of aromatic nitrogens is 5. The first-order chi connectivity index (χ1) is 13.2. The standard InChI is InChI=1S/C19H16N6OS/c1-12(26)23-16-10-14(7-8-20-16)19-24-15(9-13-5-3-2-4-6-13)17(27-19)18-21-11-22-25-18/h2-8,10-11H,9H2,1H3,(H,20,23,26)(H,21,22,25). The summed E-state index contributed by atoms with van der Waals surface area (Å²) in [5, 5.41) is 10.4. The number of rotatable bonds is 5. The summed E-state index contributed by atoms with van der Waals surface area (Å²) in [6.45, 7) is 1.46. The number of pyridine rings is 1. The zero-order chi connectivity index (χ0) is 18.6. The Morgan fingerprint density at radius 3 is 2.78 bits per heavy atom. The molecule has 0 spiro atoms. The van der Waals surface area contributed by atoms with Gasteiger partial charge in [0.1, 0.15) is 17.2 Å². The van der Waals surface area contributed by atoms with Gasteiger partial charge < -0.3 is 5.32 Å². The van der Waals surface area contributed by atoms with Crippen LogP contribution in [0.4, 0.5) is 5.82 Å². The van der Waals surface area contributed by atoms with Gasteiger partial charge >= 0.3 is 0 Å². The first-order valence-electron chi connectivity index (χ1n) is 8.32. The number of anilines is 1. The molecule has 2 N–H and O–H groups in total. The predicted molar refractivity (Wildman–Crippen MR) is 104 cm³/mol. The first kappa shape index (κ1) is 17.0. The van der Waals surface area contributed by atoms with E-state index in [-0.39, 0.29) is 5.91 Å². The van der Waals surface area contributed by atoms with Gasteiger partial charge in [-0.2, -0.15) is 5.10 Å². The second kappa shape index (κ2) is 7.46. The van der Waals surface area contributed by atoms with Crippen LogP contribution in [0.2, 0.25) is 0 Å². The molecule has 4 aromatic rings. The van der Waals surface area contributed by atoms with Crippen molar-refractivity contribution in [3.05, 3.63) is 66.2 Å². The largest absolute Gasteiger partial charge is 0.311 e. The highest BCUT2D eigenvalue weighted by atomic mass is 32.1. The summed E-state index contributed by atoms with van der Waals surface area (Å²) in [5.41, 5.74) is 2.98. The summed E-state index contributed by atoms with van der Waals surface area (Å²) in [5.74, 6) is 1.03. The highest BCUT2D eigenvalue weighted by Gasteiger charge is 2.17. The van der Waals surface area contributed by atoms with Gasteiger partial charge in [0.15, 0.2) is 5.82 Å². The number of carbonyl (C=O) groups excluding carboxylic acids is 1. The van der Waals surface area contributed by atoms with Crippen molar-refractivity contribution in [3.63, 3.8) is 0 Å². The molecular formula is C19H16N6OS. The van der Waals surface area contributed by atoms with Crippen LogP contribution in [0.15, 0.2) is 55.0 Å². The van der Waals surface area contributed by atoms with E-state index in [1.807, 2.05) is 30.3 Å². The third kappa shape index (κ3) is 3.90. The summed E-state index contributed by atoms with van der Waals surface area (Å²) in [6, 6.07) is 13.9. The van der Waals surface area contributed by atoms with E-state index in [4.69, 9.17) is 4.98 Å². The third-order valence-electron chi connectivity index (χ3n) is 3.85. The zero-order valence-electron chi connectivity index (χ0n) is 14.5. The van der Waals surface area contributed by atoms with Gasteiger partial charge in [0, 0.05) is 25.1 Å². The Bertz CT molecular complexity index is 1060. The lowest BCUT2D eigenvalue weighted by atomic mass is 10.1. The molecule has 0 saturated carbocycles. The van der Waals surface area contributed by atoms with Gasteiger partial charge in [0.05, 0.1) is 10.6 Å². The molecule has 0 radical (unpaired) electrons. The summed E-state index contributed by atoms with van der Waals surface area (Å²) in [6.07, 6.45) is 3.84. The van der Waals surface area contributed by atoms with E-state index in [2.05, 4.69) is 37.6 Å². The molecule has 27 heavy (non-hydrogen) atoms. The molecular weight excluding hydrogens is 360 g/mol. The van der Waals surface area contributed by atoms with Gasteiger partial charge in [0.2, 0.25) is 5.91 Å². The second-order valence-electron chi connectivity index (χ2n) is 5.90. The number of H-pyrrole nitrogens is 1. The molecule has 0 fully saturated rings. The Labute approximate surface area is 159 Å². The average molecular weight is 376 g/mol. The van der Waals surface area contributed by atoms with Crippen molar-refractivity contribution < 1.29 is 4.79 Å². The fourth-order valence-electron chi connectivity index (χ4n) is 2.70. The minimum atomic E-state index is -0.161. The van der Waals surface area contributed by atoms with Crippen molar-refractivity contribution in [2.24, 2.45) is 0 Å². The van der Waals surface area contributed by atoms with Crippen LogP contribution in [0.25, 0.3) is 21.3 Å². The van der Waals surface area contributed by atoms with Gasteiger partial charge in [-0.1, -0.05) is 30.3 Å². The molecule has 1 amide bonds. The predicted octanol–water partition coefficient (Wildman–Crippen LogP) is 3.54. The van der Waals surface area contributed by atoms with Crippen LogP contribution < -0.4 is 5.32 Å². The molecule has 3 aromatic heterocycles. The minimum absolute atomic E-state index is 0.161. The molecule has 1 aromatic carbocycles. The number of amides is 1. The van der Waals surface area contributed by atoms with Crippen LogP contribution in [0.3, 0.4) is 0 Å². The molecule has 8 heteroatoms. The zero-order valence-corrected chi connectivity index (χ0v) is 15.3. The van der Waals surface area contributed by atoms with Crippen molar-refractivity contribution in [2.45, 2.75) is 13.3 Å². The van der Waals surface area contributed by atoms with Crippen LogP contribution >= 0.6 is 11.3 Å². The van der Waals surface area contributed by atoms with Gasteiger partial charge in [-0.05, 0) is 17.7 Å². The summed E-state index contributed by atoms with van der Waals surface area (Å²) in [7, 11) is 0. The lowest BCUT2D eigenvalue weighted by Gasteiger charge is -2.02. The Hall–Kier alpha value is -3.39. The molecule has 0 aliphatic heterocycles. The fourth-order valence-corrected chi connectivity index (χ4v) is 3.72. The second-order valence-corrected chi connectivity index (χ2v) is 6.90. The maximum atomic E-state index is 11.3. The van der Waals surface area contributed by atoms with Crippen LogP contribution in [0, 0.1) is 0 Å². The number of benzene rings is 1. The van der Waals surface area contributed by atoms with Crippen molar-refractivity contribution in [2.75, 3.05) is 5.32 Å². The Morgan fingerprint density at radius 1 is 1.19 bits per heavy atom. The van der Waals surface area contributed by atoms with E-state index in [1.165, 1.54) is 30.2 Å². The van der Waals surface area contributed by atoms with E-state index in [1.54, 1.807) is 6.20 Å². The van der Waals surface area contributed by atoms with E-state index in [0.717, 1.165) is 21.1 Å². The third-order valence-corrected chi connectivity index (χ3v) is 5.01. The summed E-state index contributed by atoms with van der Waals surface area (Å²) >= 11 is 1.53. The normalized spacial score (nSPS) is 10.7. The number of hydrogen-bond acceptors (Lipinski definition) is 6. The quantitative estimate of drug-likeness (QED) is 0.555. The number of thiazole rings is 1. The van der Waals surface area contributed by atoms with E-state index < -0.39 is 0 Å². The molecule has 0 aliphatic rings. The molecule has 3 heterocycles. The van der Waals surface area contributed by atoms with E-state index in [9.17, 15) is 4.79 Å². The van der Waals surface area contributed by atoms with Gasteiger partial charge in [-0.15, -0.1) is 11.3 Å². The van der Waals surface area contributed by atoms with Crippen LogP contribution in [-0.2, 0) is 11.2 Å². The van der Waals surface area contributed by atoms with Gasteiger partial charge in [-0.3, -0.25) is 9.89 Å². The number of carbonyl (C=O) groups is 1. The maximum absolute atomic E-state index is 11.3. The highest BCUT2D eigenvalue weighted by molar-refractivity contribution is 7.18. The highest BCUT2D eigenvalue weighted by Crippen LogP contribution is 2.35. The average Bonchev–Trinajstić information content (AvgIpc) is 3.32. The lowest BCUT2D eigenvalue weighted by molar-refractivity contribution is -0.114. The molecule has 0 unspecified atom stereocenters. The Kier molecular flexibility index (Phi) is 4.71. The van der Waals surface area contributed by atoms with Crippen LogP contribution in [0.1, 0.15) is 18.2 Å². The van der Waals surface area contributed by atoms with Crippen molar-refractivity contribution in [3.8, 4) is 21.3 Å². The molecule has 0 saturated heterocycles. The monoisotopic (exact) mass is 376 g/mol. The fraction of sp³-hybridized carbons (Fsp3) is 0.105. The number of hydrogen-bond donors (Lipinski definition) is 2. The van der Waals surface area contributed by atoms with Crippen molar-refractivity contribution >= 4 is 23.1 Å². The van der Waals surface area contributed by atoms with Crippen LogP contribution in [0.5, 0.6) is 0 Å². The van der Waals surface area contributed by atoms with E-state index >= 15 is 0 Å². The Balaban J connectivity index is 1.74. The van der Waals surface area contributed by atoms with Crippen LogP contribution in [-0.4, -0.2) is 31.1 Å². The number of nitrogens with zero attached hydrogens (tertiary/aromatic N) is 4. The smallest absolute Gasteiger partial charge is 0.222 e. The molecule has 7 nitrogen and oxygen atoms in total. The lowest BCUT2D eigenvalue weighted by Crippen LogP contribution is -2.07. The molecule has 4 rings (SSSR count). The summed E-state index contributed by atoms with van der Waals surface area (Å²) in [4.78, 5) is 25.5. The number of aromatic amines is 1. The molecule has 0 aliphatic carbocycles. The summed E-state index contributed by atoms with van der Waals surface area (Å²) < 4.78 is 0. The topological polar surface area (TPSA) is 96.5 Å². The molecule has 134 valence electrons. The maximum Gasteiger partial charge on any atom is 0.222 e. The van der Waals surface area contributed by atoms with E-state index in [0.29, 0.717) is 18.1 Å². The van der Waals surface area contributed by atoms with Crippen molar-refractivity contribution in [1.29, 1.82) is 0 Å². The molecule has 0 bridgehead atoms. The van der Waals surface area contributed by atoms with Crippen molar-refractivity contribution in [1.82, 2.24) is 25.1 Å². The Morgan fingerprint density at radius 2 is 2.04 bits per heavy atom. The first-order valence-corrected chi connectivity index (χ1v) is 9.14. The SMILES string of the molecule is CC(=O)Nc1cc(-c2nc(Cc3ccccc3)c(-c3ncn[nH]3)s2)ccn1.